The summed E-state index contributed by atoms with van der Waals surface area (Å²) in [5.74, 6) is -0.179. The van der Waals surface area contributed by atoms with Gasteiger partial charge in [-0.25, -0.2) is 4.98 Å². The number of rotatable bonds is 3. The molecule has 0 atom stereocenters. The number of amides is 1. The minimum Gasteiger partial charge on any atom is -0.273 e. The number of carbonyl (C=O) groups is 1. The summed E-state index contributed by atoms with van der Waals surface area (Å²) in [6.45, 7) is 2.02. The Morgan fingerprint density at radius 3 is 2.65 bits per heavy atom. The Bertz CT molecular complexity index is 752. The number of fused-ring (bicyclic) bond motifs is 1. The molecule has 0 unspecified atom stereocenters. The van der Waals surface area contributed by atoms with E-state index >= 15 is 0 Å². The maximum absolute atomic E-state index is 11.9. The van der Waals surface area contributed by atoms with Crippen molar-refractivity contribution in [3.63, 3.8) is 0 Å². The van der Waals surface area contributed by atoms with Crippen molar-refractivity contribution in [2.75, 3.05) is 5.43 Å². The molecule has 2 N–H and O–H groups in total. The van der Waals surface area contributed by atoms with Crippen LogP contribution in [-0.2, 0) is 0 Å². The van der Waals surface area contributed by atoms with E-state index < -0.39 is 0 Å². The highest BCUT2D eigenvalue weighted by Crippen LogP contribution is 2.27. The van der Waals surface area contributed by atoms with Crippen LogP contribution in [-0.4, -0.2) is 10.9 Å². The van der Waals surface area contributed by atoms with Gasteiger partial charge in [0.1, 0.15) is 0 Å². The number of carbonyl (C=O) groups excluding carboxylic acids is 1. The molecule has 0 aliphatic heterocycles. The van der Waals surface area contributed by atoms with Gasteiger partial charge in [0.25, 0.3) is 5.91 Å². The van der Waals surface area contributed by atoms with Gasteiger partial charge in [-0.05, 0) is 30.7 Å². The lowest BCUT2D eigenvalue weighted by molar-refractivity contribution is 0.0962. The minimum absolute atomic E-state index is 0.179. The van der Waals surface area contributed by atoms with Crippen molar-refractivity contribution < 1.29 is 4.79 Å². The summed E-state index contributed by atoms with van der Waals surface area (Å²) in [4.78, 5) is 16.4. The van der Waals surface area contributed by atoms with Crippen LogP contribution >= 0.6 is 11.3 Å². The van der Waals surface area contributed by atoms with Gasteiger partial charge < -0.3 is 0 Å². The number of hydrogen-bond acceptors (Lipinski definition) is 4. The third kappa shape index (κ3) is 2.48. The Morgan fingerprint density at radius 2 is 1.90 bits per heavy atom. The van der Waals surface area contributed by atoms with Crippen LogP contribution < -0.4 is 10.9 Å². The standard InChI is InChI=1S/C15H13N3OS/c1-10-6-5-9-12-13(10)16-15(20-12)18-17-14(19)11-7-3-2-4-8-11/h2-9H,1H3,(H,16,18)(H,17,19). The number of nitrogens with one attached hydrogen (secondary N) is 2. The molecule has 0 aliphatic carbocycles. The SMILES string of the molecule is Cc1cccc2sc(NNC(=O)c3ccccc3)nc12. The fraction of sp³-hybridized carbons (Fsp3) is 0.0667. The molecule has 20 heavy (non-hydrogen) atoms. The molecule has 100 valence electrons. The number of aromatic nitrogens is 1. The second-order valence-electron chi connectivity index (χ2n) is 4.39. The predicted molar refractivity (Wildman–Crippen MR) is 81.9 cm³/mol. The molecule has 1 heterocycles. The number of aryl methyl sites for hydroxylation is 1. The minimum atomic E-state index is -0.179. The average molecular weight is 283 g/mol. The smallest absolute Gasteiger partial charge is 0.269 e. The van der Waals surface area contributed by atoms with Gasteiger partial charge in [0.05, 0.1) is 10.2 Å². The quantitative estimate of drug-likeness (QED) is 0.725. The van der Waals surface area contributed by atoms with E-state index in [4.69, 9.17) is 0 Å². The van der Waals surface area contributed by atoms with Crippen LogP contribution in [0.25, 0.3) is 10.2 Å². The van der Waals surface area contributed by atoms with Crippen LogP contribution in [0.1, 0.15) is 15.9 Å². The highest BCUT2D eigenvalue weighted by molar-refractivity contribution is 7.22. The first-order valence-corrected chi connectivity index (χ1v) is 7.03. The Kier molecular flexibility index (Phi) is 3.35. The van der Waals surface area contributed by atoms with E-state index in [0.717, 1.165) is 15.8 Å². The molecule has 4 nitrogen and oxygen atoms in total. The number of hydrogen-bond donors (Lipinski definition) is 2. The molecule has 0 fully saturated rings. The van der Waals surface area contributed by atoms with E-state index in [9.17, 15) is 4.79 Å². The molecular weight excluding hydrogens is 270 g/mol. The molecule has 0 saturated carbocycles. The van der Waals surface area contributed by atoms with Gasteiger partial charge in [-0.1, -0.05) is 41.7 Å². The van der Waals surface area contributed by atoms with Crippen molar-refractivity contribution >= 4 is 32.6 Å². The molecule has 3 rings (SSSR count). The van der Waals surface area contributed by atoms with Gasteiger partial charge in [-0.3, -0.25) is 15.6 Å². The summed E-state index contributed by atoms with van der Waals surface area (Å²) in [5, 5.41) is 0.679. The first-order valence-electron chi connectivity index (χ1n) is 6.21. The predicted octanol–water partition coefficient (Wildman–Crippen LogP) is 3.36. The first-order chi connectivity index (χ1) is 9.74. The van der Waals surface area contributed by atoms with Gasteiger partial charge in [0.2, 0.25) is 5.13 Å². The zero-order valence-electron chi connectivity index (χ0n) is 10.9. The van der Waals surface area contributed by atoms with Gasteiger partial charge in [0, 0.05) is 5.56 Å². The number of nitrogens with zero attached hydrogens (tertiary/aromatic N) is 1. The summed E-state index contributed by atoms with van der Waals surface area (Å²) in [6, 6.07) is 15.1. The Balaban J connectivity index is 1.74. The lowest BCUT2D eigenvalue weighted by Gasteiger charge is -2.04. The number of para-hydroxylation sites is 1. The Labute approximate surface area is 120 Å². The fourth-order valence-corrected chi connectivity index (χ4v) is 2.81. The lowest BCUT2D eigenvalue weighted by Crippen LogP contribution is -2.29. The fourth-order valence-electron chi connectivity index (χ4n) is 1.91. The Morgan fingerprint density at radius 1 is 1.10 bits per heavy atom. The second kappa shape index (κ2) is 5.30. The van der Waals surface area contributed by atoms with Gasteiger partial charge in [0.15, 0.2) is 0 Å². The van der Waals surface area contributed by atoms with Crippen molar-refractivity contribution in [1.29, 1.82) is 0 Å². The molecule has 3 aromatic rings. The van der Waals surface area contributed by atoms with E-state index in [1.54, 1.807) is 12.1 Å². The van der Waals surface area contributed by atoms with E-state index in [2.05, 4.69) is 15.8 Å². The van der Waals surface area contributed by atoms with Crippen LogP contribution in [0.4, 0.5) is 5.13 Å². The molecule has 0 aliphatic rings. The molecule has 0 bridgehead atoms. The summed E-state index contributed by atoms with van der Waals surface area (Å²) in [7, 11) is 0. The summed E-state index contributed by atoms with van der Waals surface area (Å²) in [6.07, 6.45) is 0. The third-order valence-corrected chi connectivity index (χ3v) is 3.88. The van der Waals surface area contributed by atoms with Crippen LogP contribution in [0.5, 0.6) is 0 Å². The molecule has 1 aromatic heterocycles. The van der Waals surface area contributed by atoms with Crippen LogP contribution in [0, 0.1) is 6.92 Å². The maximum atomic E-state index is 11.9. The zero-order chi connectivity index (χ0) is 13.9. The van der Waals surface area contributed by atoms with Crippen LogP contribution in [0.3, 0.4) is 0 Å². The molecule has 0 spiro atoms. The highest BCUT2D eigenvalue weighted by Gasteiger charge is 2.07. The summed E-state index contributed by atoms with van der Waals surface area (Å²) >= 11 is 1.51. The summed E-state index contributed by atoms with van der Waals surface area (Å²) < 4.78 is 1.10. The highest BCUT2D eigenvalue weighted by atomic mass is 32.1. The molecule has 2 aromatic carbocycles. The normalized spacial score (nSPS) is 10.4. The first kappa shape index (κ1) is 12.6. The van der Waals surface area contributed by atoms with Crippen molar-refractivity contribution in [3.05, 3.63) is 59.7 Å². The lowest BCUT2D eigenvalue weighted by atomic mass is 10.2. The van der Waals surface area contributed by atoms with Crippen molar-refractivity contribution in [1.82, 2.24) is 10.4 Å². The zero-order valence-corrected chi connectivity index (χ0v) is 11.7. The van der Waals surface area contributed by atoms with E-state index in [0.29, 0.717) is 10.7 Å². The third-order valence-electron chi connectivity index (χ3n) is 2.94. The van der Waals surface area contributed by atoms with Gasteiger partial charge in [-0.15, -0.1) is 0 Å². The molecule has 0 radical (unpaired) electrons. The molecule has 1 amide bonds. The van der Waals surface area contributed by atoms with E-state index in [1.807, 2.05) is 43.3 Å². The van der Waals surface area contributed by atoms with Crippen LogP contribution in [0.15, 0.2) is 48.5 Å². The maximum Gasteiger partial charge on any atom is 0.269 e. The monoisotopic (exact) mass is 283 g/mol. The number of benzene rings is 2. The molecular formula is C15H13N3OS. The second-order valence-corrected chi connectivity index (χ2v) is 5.42. The van der Waals surface area contributed by atoms with Gasteiger partial charge >= 0.3 is 0 Å². The van der Waals surface area contributed by atoms with E-state index in [-0.39, 0.29) is 5.91 Å². The Hall–Kier alpha value is -2.40. The largest absolute Gasteiger partial charge is 0.273 e. The van der Waals surface area contributed by atoms with Crippen molar-refractivity contribution in [3.8, 4) is 0 Å². The van der Waals surface area contributed by atoms with E-state index in [1.165, 1.54) is 11.3 Å². The topological polar surface area (TPSA) is 54.0 Å². The number of hydrazine groups is 1. The van der Waals surface area contributed by atoms with Gasteiger partial charge in [-0.2, -0.15) is 0 Å². The van der Waals surface area contributed by atoms with Crippen molar-refractivity contribution in [2.24, 2.45) is 0 Å². The van der Waals surface area contributed by atoms with Crippen molar-refractivity contribution in [2.45, 2.75) is 6.92 Å². The molecule has 5 heteroatoms. The average Bonchev–Trinajstić information content (AvgIpc) is 2.90. The summed E-state index contributed by atoms with van der Waals surface area (Å²) in [5.41, 5.74) is 8.22. The number of thiazole rings is 1. The number of anilines is 1. The van der Waals surface area contributed by atoms with Crippen LogP contribution in [0.2, 0.25) is 0 Å². The molecule has 0 saturated heterocycles.